The minimum atomic E-state index is -0.335. The lowest BCUT2D eigenvalue weighted by molar-refractivity contribution is 0.200. The summed E-state index contributed by atoms with van der Waals surface area (Å²) in [6, 6.07) is 2.03. The predicted molar refractivity (Wildman–Crippen MR) is 92.3 cm³/mol. The van der Waals surface area contributed by atoms with Gasteiger partial charge in [0.05, 0.1) is 18.3 Å². The van der Waals surface area contributed by atoms with Gasteiger partial charge in [-0.05, 0) is 31.6 Å². The van der Waals surface area contributed by atoms with Crippen LogP contribution in [0.25, 0.3) is 0 Å². The van der Waals surface area contributed by atoms with E-state index < -0.39 is 0 Å². The van der Waals surface area contributed by atoms with Crippen molar-refractivity contribution in [2.75, 3.05) is 16.8 Å². The Bertz CT molecular complexity index is 741. The Kier molecular flexibility index (Phi) is 3.88. The van der Waals surface area contributed by atoms with Crippen molar-refractivity contribution < 1.29 is 5.11 Å². The van der Waals surface area contributed by atoms with Crippen LogP contribution in [-0.4, -0.2) is 37.9 Å². The van der Waals surface area contributed by atoms with E-state index in [1.54, 1.807) is 0 Å². The highest BCUT2D eigenvalue weighted by Gasteiger charge is 2.26. The summed E-state index contributed by atoms with van der Waals surface area (Å²) >= 11 is 0. The lowest BCUT2D eigenvalue weighted by atomic mass is 10.1. The number of aromatic nitrogens is 4. The summed E-state index contributed by atoms with van der Waals surface area (Å²) in [4.78, 5) is 11.4. The van der Waals surface area contributed by atoms with E-state index in [1.807, 2.05) is 17.5 Å². The van der Waals surface area contributed by atoms with Crippen molar-refractivity contribution in [1.82, 2.24) is 20.2 Å². The SMILES string of the molecule is CC(C)c1cc(Nc2nc(N3[CH]C[C@@H](O)C3)nc3c2CCC3)n[nH]1. The molecule has 24 heavy (non-hydrogen) atoms. The number of anilines is 3. The molecule has 0 spiro atoms. The second-order valence-electron chi connectivity index (χ2n) is 6.86. The zero-order chi connectivity index (χ0) is 16.7. The Hall–Kier alpha value is -2.15. The Balaban J connectivity index is 1.64. The molecule has 0 aromatic carbocycles. The number of rotatable bonds is 4. The molecule has 0 saturated carbocycles. The number of aryl methyl sites for hydroxylation is 1. The van der Waals surface area contributed by atoms with Crippen molar-refractivity contribution in [3.05, 3.63) is 29.6 Å². The molecule has 1 radical (unpaired) electrons. The van der Waals surface area contributed by atoms with Gasteiger partial charge in [0, 0.05) is 23.9 Å². The monoisotopic (exact) mass is 327 g/mol. The van der Waals surface area contributed by atoms with E-state index in [4.69, 9.17) is 9.97 Å². The second kappa shape index (κ2) is 6.05. The van der Waals surface area contributed by atoms with Gasteiger partial charge in [0.2, 0.25) is 5.95 Å². The molecule has 1 saturated heterocycles. The van der Waals surface area contributed by atoms with Crippen LogP contribution in [0.2, 0.25) is 0 Å². The van der Waals surface area contributed by atoms with E-state index in [9.17, 15) is 5.11 Å². The summed E-state index contributed by atoms with van der Waals surface area (Å²) < 4.78 is 0. The average Bonchev–Trinajstić information content (AvgIpc) is 3.26. The number of hydrogen-bond donors (Lipinski definition) is 3. The van der Waals surface area contributed by atoms with Gasteiger partial charge in [0.1, 0.15) is 5.82 Å². The largest absolute Gasteiger partial charge is 0.391 e. The molecule has 0 unspecified atom stereocenters. The predicted octanol–water partition coefficient (Wildman–Crippen LogP) is 2.29. The third-order valence-corrected chi connectivity index (χ3v) is 4.65. The first-order valence-electron chi connectivity index (χ1n) is 8.60. The smallest absolute Gasteiger partial charge is 0.227 e. The molecule has 7 heteroatoms. The highest BCUT2D eigenvalue weighted by atomic mass is 16.3. The van der Waals surface area contributed by atoms with Crippen molar-refractivity contribution in [2.24, 2.45) is 0 Å². The van der Waals surface area contributed by atoms with Crippen molar-refractivity contribution in [2.45, 2.75) is 51.6 Å². The van der Waals surface area contributed by atoms with Gasteiger partial charge in [-0.2, -0.15) is 10.1 Å². The van der Waals surface area contributed by atoms with Crippen LogP contribution in [0.3, 0.4) is 0 Å². The van der Waals surface area contributed by atoms with Crippen LogP contribution < -0.4 is 10.2 Å². The van der Waals surface area contributed by atoms with E-state index in [-0.39, 0.29) is 6.10 Å². The lowest BCUT2D eigenvalue weighted by Gasteiger charge is -2.18. The maximum atomic E-state index is 9.76. The maximum absolute atomic E-state index is 9.76. The fraction of sp³-hybridized carbons (Fsp3) is 0.529. The van der Waals surface area contributed by atoms with Crippen LogP contribution >= 0.6 is 0 Å². The van der Waals surface area contributed by atoms with Crippen LogP contribution in [0.4, 0.5) is 17.6 Å². The zero-order valence-electron chi connectivity index (χ0n) is 14.1. The number of H-pyrrole nitrogens is 1. The molecule has 7 nitrogen and oxygen atoms in total. The van der Waals surface area contributed by atoms with Gasteiger partial charge in [-0.3, -0.25) is 5.10 Å². The number of aromatic amines is 1. The molecule has 3 heterocycles. The Morgan fingerprint density at radius 1 is 1.33 bits per heavy atom. The molecule has 1 fully saturated rings. The topological polar surface area (TPSA) is 90.0 Å². The first-order chi connectivity index (χ1) is 11.6. The van der Waals surface area contributed by atoms with E-state index >= 15 is 0 Å². The van der Waals surface area contributed by atoms with Gasteiger partial charge in [-0.25, -0.2) is 4.98 Å². The molecule has 1 aliphatic heterocycles. The molecule has 1 atom stereocenters. The minimum Gasteiger partial charge on any atom is -0.391 e. The van der Waals surface area contributed by atoms with Gasteiger partial charge >= 0.3 is 0 Å². The molecule has 2 aromatic rings. The van der Waals surface area contributed by atoms with E-state index in [1.165, 1.54) is 5.56 Å². The summed E-state index contributed by atoms with van der Waals surface area (Å²) in [5.74, 6) is 2.68. The fourth-order valence-corrected chi connectivity index (χ4v) is 3.26. The fourth-order valence-electron chi connectivity index (χ4n) is 3.26. The van der Waals surface area contributed by atoms with Gasteiger partial charge < -0.3 is 15.3 Å². The van der Waals surface area contributed by atoms with Gasteiger partial charge in [-0.1, -0.05) is 13.8 Å². The second-order valence-corrected chi connectivity index (χ2v) is 6.86. The Morgan fingerprint density at radius 2 is 2.21 bits per heavy atom. The van der Waals surface area contributed by atoms with Crippen LogP contribution in [0.5, 0.6) is 0 Å². The van der Waals surface area contributed by atoms with Crippen LogP contribution in [0, 0.1) is 6.54 Å². The summed E-state index contributed by atoms with van der Waals surface area (Å²) in [6.07, 6.45) is 3.39. The maximum Gasteiger partial charge on any atom is 0.227 e. The normalized spacial score (nSPS) is 20.0. The summed E-state index contributed by atoms with van der Waals surface area (Å²) in [5.41, 5.74) is 3.39. The molecule has 1 aliphatic carbocycles. The number of aliphatic hydroxyl groups is 1. The van der Waals surface area contributed by atoms with Crippen LogP contribution in [-0.2, 0) is 12.8 Å². The molecule has 127 valence electrons. The standard InChI is InChI=1S/C17H23N6O/c1-10(2)14-8-15(22-21-14)19-16-12-4-3-5-13(12)18-17(20-16)23-7-6-11(24)9-23/h7-8,10-11,24H,3-6,9H2,1-2H3,(H2,18,19,20,21,22)/t11-/m1/s1. The summed E-state index contributed by atoms with van der Waals surface area (Å²) in [7, 11) is 0. The van der Waals surface area contributed by atoms with E-state index in [2.05, 4.69) is 29.4 Å². The van der Waals surface area contributed by atoms with Crippen molar-refractivity contribution in [3.63, 3.8) is 0 Å². The molecular formula is C17H23N6O. The molecule has 3 N–H and O–H groups in total. The zero-order valence-corrected chi connectivity index (χ0v) is 14.1. The van der Waals surface area contributed by atoms with Crippen molar-refractivity contribution in [3.8, 4) is 0 Å². The van der Waals surface area contributed by atoms with E-state index in [0.717, 1.165) is 42.3 Å². The first-order valence-corrected chi connectivity index (χ1v) is 8.60. The van der Waals surface area contributed by atoms with E-state index in [0.29, 0.717) is 24.8 Å². The minimum absolute atomic E-state index is 0.335. The lowest BCUT2D eigenvalue weighted by Crippen LogP contribution is -2.22. The average molecular weight is 327 g/mol. The number of β-amino-alcohol motifs (C(OH)–C–C–N with tert-alkyl or cyclic N) is 1. The van der Waals surface area contributed by atoms with Crippen molar-refractivity contribution in [1.29, 1.82) is 0 Å². The quantitative estimate of drug-likeness (QED) is 0.798. The highest BCUT2D eigenvalue weighted by molar-refractivity contribution is 5.61. The number of hydrogen-bond acceptors (Lipinski definition) is 6. The number of nitrogens with one attached hydrogen (secondary N) is 2. The van der Waals surface area contributed by atoms with Gasteiger partial charge in [0.15, 0.2) is 5.82 Å². The first kappa shape index (κ1) is 15.4. The summed E-state index contributed by atoms with van der Waals surface area (Å²) in [5, 5.41) is 20.5. The van der Waals surface area contributed by atoms with Crippen LogP contribution in [0.15, 0.2) is 6.07 Å². The highest BCUT2D eigenvalue weighted by Crippen LogP contribution is 2.32. The Labute approximate surface area is 141 Å². The number of nitrogens with zero attached hydrogens (tertiary/aromatic N) is 4. The molecule has 0 bridgehead atoms. The molecular weight excluding hydrogens is 304 g/mol. The third-order valence-electron chi connectivity index (χ3n) is 4.65. The van der Waals surface area contributed by atoms with Gasteiger partial charge in [0.25, 0.3) is 0 Å². The third kappa shape index (κ3) is 2.84. The molecule has 2 aliphatic rings. The molecule has 2 aromatic heterocycles. The van der Waals surface area contributed by atoms with Crippen LogP contribution in [0.1, 0.15) is 49.6 Å². The number of fused-ring (bicyclic) bond motifs is 1. The summed E-state index contributed by atoms with van der Waals surface area (Å²) in [6.45, 7) is 6.78. The van der Waals surface area contributed by atoms with Crippen molar-refractivity contribution >= 4 is 17.6 Å². The Morgan fingerprint density at radius 3 is 2.92 bits per heavy atom. The van der Waals surface area contributed by atoms with Gasteiger partial charge in [-0.15, -0.1) is 0 Å². The molecule has 4 rings (SSSR count). The number of aliphatic hydroxyl groups excluding tert-OH is 1. The molecule has 0 amide bonds.